The summed E-state index contributed by atoms with van der Waals surface area (Å²) in [5.74, 6) is 2.59. The molecule has 0 spiro atoms. The Kier molecular flexibility index (Phi) is 15.0. The number of aromatic nitrogens is 9. The van der Waals surface area contributed by atoms with Crippen molar-refractivity contribution in [3.63, 3.8) is 0 Å². The zero-order valence-electron chi connectivity index (χ0n) is 57.4. The van der Waals surface area contributed by atoms with Gasteiger partial charge >= 0.3 is 0 Å². The van der Waals surface area contributed by atoms with E-state index in [1.54, 1.807) is 0 Å². The highest BCUT2D eigenvalue weighted by molar-refractivity contribution is 6.15. The fraction of sp³-hybridized carbons (Fsp3) is 0. The van der Waals surface area contributed by atoms with Crippen molar-refractivity contribution in [1.29, 1.82) is 0 Å². The van der Waals surface area contributed by atoms with Crippen LogP contribution in [0.2, 0.25) is 0 Å². The second kappa shape index (κ2) is 25.9. The molecule has 0 aliphatic heterocycles. The number of benzene rings is 15. The normalized spacial score (nSPS) is 11.6. The average molecular weight is 1350 g/mol. The maximum absolute atomic E-state index is 5.19. The molecule has 106 heavy (non-hydrogen) atoms. The third kappa shape index (κ3) is 10.8. The quantitative estimate of drug-likeness (QED) is 0.129. The lowest BCUT2D eigenvalue weighted by molar-refractivity contribution is 0.995. The van der Waals surface area contributed by atoms with E-state index in [0.717, 1.165) is 78.3 Å². The van der Waals surface area contributed by atoms with Crippen molar-refractivity contribution >= 4 is 87.2 Å². The smallest absolute Gasteiger partial charge is 0.235 e. The van der Waals surface area contributed by atoms with Crippen LogP contribution in [0.15, 0.2) is 382 Å². The van der Waals surface area contributed by atoms with Crippen LogP contribution in [0.4, 0.5) is 0 Å². The van der Waals surface area contributed by atoms with Gasteiger partial charge in [-0.2, -0.15) is 0 Å². The van der Waals surface area contributed by atoms with Crippen molar-refractivity contribution in [2.24, 2.45) is 0 Å². The number of hydrogen-bond acceptors (Lipinski definition) is 5. The molecule has 0 saturated carbocycles. The first-order valence-electron chi connectivity index (χ1n) is 35.8. The van der Waals surface area contributed by atoms with Crippen LogP contribution in [0.1, 0.15) is 0 Å². The Morgan fingerprint density at radius 3 is 0.717 bits per heavy atom. The molecule has 0 amide bonds. The molecule has 0 atom stereocenters. The van der Waals surface area contributed by atoms with Crippen molar-refractivity contribution in [3.05, 3.63) is 382 Å². The van der Waals surface area contributed by atoms with Gasteiger partial charge in [0, 0.05) is 88.0 Å². The zero-order valence-corrected chi connectivity index (χ0v) is 57.4. The number of rotatable bonds is 11. The lowest BCUT2D eigenvalue weighted by Gasteiger charge is -2.12. The van der Waals surface area contributed by atoms with E-state index in [1.165, 1.54) is 87.4 Å². The number of nitrogens with zero attached hydrogens (tertiary/aromatic N) is 9. The van der Waals surface area contributed by atoms with Crippen LogP contribution < -0.4 is 0 Å². The maximum atomic E-state index is 5.19. The summed E-state index contributed by atoms with van der Waals surface area (Å²) in [6, 6.07) is 135. The average Bonchev–Trinajstić information content (AvgIpc) is 1.59. The molecule has 0 N–H and O–H groups in total. The van der Waals surface area contributed by atoms with Gasteiger partial charge in [-0.1, -0.05) is 255 Å². The highest BCUT2D eigenvalue weighted by atomic mass is 15.2. The Hall–Kier alpha value is -14.4. The van der Waals surface area contributed by atoms with Crippen LogP contribution >= 0.6 is 0 Å². The van der Waals surface area contributed by atoms with E-state index in [0.29, 0.717) is 23.4 Å². The van der Waals surface area contributed by atoms with Crippen molar-refractivity contribution in [2.45, 2.75) is 0 Å². The van der Waals surface area contributed by atoms with E-state index in [2.05, 4.69) is 328 Å². The Morgan fingerprint density at radius 2 is 0.387 bits per heavy atom. The van der Waals surface area contributed by atoms with Crippen molar-refractivity contribution in [1.82, 2.24) is 43.2 Å². The number of fused-ring (bicyclic) bond motifs is 12. The number of hydrogen-bond donors (Lipinski definition) is 0. The molecule has 9 heteroatoms. The first kappa shape index (κ1) is 61.5. The van der Waals surface area contributed by atoms with Gasteiger partial charge in [-0.25, -0.2) is 24.9 Å². The molecule has 6 heterocycles. The predicted molar refractivity (Wildman–Crippen MR) is 437 cm³/mol. The van der Waals surface area contributed by atoms with Gasteiger partial charge < -0.3 is 13.7 Å². The lowest BCUT2D eigenvalue weighted by Crippen LogP contribution is -2.03. The van der Waals surface area contributed by atoms with Crippen molar-refractivity contribution in [2.75, 3.05) is 0 Å². The Morgan fingerprint density at radius 1 is 0.151 bits per heavy atom. The summed E-state index contributed by atoms with van der Waals surface area (Å²) in [5.41, 5.74) is 24.1. The molecule has 0 fully saturated rings. The number of para-hydroxylation sites is 6. The molecule has 0 aliphatic rings. The Bertz CT molecular complexity index is 6790. The summed E-state index contributed by atoms with van der Waals surface area (Å²) < 4.78 is 9.29. The third-order valence-corrected chi connectivity index (χ3v) is 20.5. The Balaban J connectivity index is 0.000000141. The van der Waals surface area contributed by atoms with E-state index >= 15 is 0 Å². The van der Waals surface area contributed by atoms with E-state index in [4.69, 9.17) is 24.9 Å². The topological polar surface area (TPSA) is 84.2 Å². The van der Waals surface area contributed by atoms with Crippen LogP contribution in [-0.4, -0.2) is 43.2 Å². The molecule has 21 aromatic rings. The third-order valence-electron chi connectivity index (χ3n) is 20.5. The van der Waals surface area contributed by atoms with Crippen molar-refractivity contribution < 1.29 is 0 Å². The minimum absolute atomic E-state index is 0.639. The van der Waals surface area contributed by atoms with Crippen molar-refractivity contribution in [3.8, 4) is 102 Å². The highest BCUT2D eigenvalue weighted by Gasteiger charge is 2.22. The van der Waals surface area contributed by atoms with E-state index in [-0.39, 0.29) is 0 Å². The Labute approximate surface area is 610 Å². The second-order valence-electron chi connectivity index (χ2n) is 26.8. The summed E-state index contributed by atoms with van der Waals surface area (Å²) in [5, 5.41) is 9.74. The molecule has 9 nitrogen and oxygen atoms in total. The van der Waals surface area contributed by atoms with Crippen LogP contribution in [0.3, 0.4) is 0 Å². The van der Waals surface area contributed by atoms with Gasteiger partial charge in [0.1, 0.15) is 0 Å². The van der Waals surface area contributed by atoms with Gasteiger partial charge in [0.05, 0.1) is 55.5 Å². The minimum Gasteiger partial charge on any atom is -0.309 e. The fourth-order valence-electron chi connectivity index (χ4n) is 15.6. The predicted octanol–water partition coefficient (Wildman–Crippen LogP) is 24.4. The largest absolute Gasteiger partial charge is 0.309 e. The van der Waals surface area contributed by atoms with Gasteiger partial charge in [0.2, 0.25) is 5.95 Å². The molecule has 15 aromatic carbocycles. The van der Waals surface area contributed by atoms with E-state index < -0.39 is 0 Å². The van der Waals surface area contributed by atoms with Gasteiger partial charge in [-0.15, -0.1) is 0 Å². The van der Waals surface area contributed by atoms with Crippen LogP contribution in [0, 0.1) is 0 Å². The highest BCUT2D eigenvalue weighted by Crippen LogP contribution is 2.42. The molecule has 0 radical (unpaired) electrons. The van der Waals surface area contributed by atoms with Gasteiger partial charge in [0.15, 0.2) is 17.5 Å². The molecule has 0 unspecified atom stereocenters. The fourth-order valence-corrected chi connectivity index (χ4v) is 15.6. The van der Waals surface area contributed by atoms with Crippen LogP contribution in [0.25, 0.3) is 189 Å². The van der Waals surface area contributed by atoms with Gasteiger partial charge in [0.25, 0.3) is 0 Å². The van der Waals surface area contributed by atoms with Crippen LogP contribution in [0.5, 0.6) is 0 Å². The maximum Gasteiger partial charge on any atom is 0.235 e. The molecule has 0 aliphatic carbocycles. The second-order valence-corrected chi connectivity index (χ2v) is 26.8. The minimum atomic E-state index is 0.639. The first-order valence-corrected chi connectivity index (χ1v) is 35.8. The summed E-state index contributed by atoms with van der Waals surface area (Å²) >= 11 is 0. The molecule has 496 valence electrons. The molecular formula is C97H63N9. The summed E-state index contributed by atoms with van der Waals surface area (Å²) in [4.78, 5) is 25.2. The molecule has 0 bridgehead atoms. The first-order chi connectivity index (χ1) is 52.6. The van der Waals surface area contributed by atoms with Crippen LogP contribution in [-0.2, 0) is 0 Å². The van der Waals surface area contributed by atoms with E-state index in [1.807, 2.05) is 72.8 Å². The zero-order chi connectivity index (χ0) is 70.0. The molecule has 0 saturated heterocycles. The van der Waals surface area contributed by atoms with Gasteiger partial charge in [-0.3, -0.25) is 4.57 Å². The summed E-state index contributed by atoms with van der Waals surface area (Å²) in [6.07, 6.45) is 0. The standard InChI is InChI=1S/C51H33N5.C46H30N4/c1-4-14-34(15-5-1)49-52-50(35-16-6-2-7-17-35)54-51(53-49)36-24-28-40(29-25-36)56-46-23-13-11-21-42(46)44-33-38(27-31-48(44)56)37-26-30-47-43(32-37)41-20-10-12-22-45(41)55(47)39-18-8-3-9-19-39;1-4-14-31(15-5-1)40-30-41(32-16-6-2-7-17-32)48-46(47-40)50-43-23-13-11-21-37(43)39-29-34(25-27-45(39)50)33-24-26-44-38(28-33)36-20-10-12-22-42(36)49(44)35-18-8-3-9-19-35/h1-33H;1-30H. The summed E-state index contributed by atoms with van der Waals surface area (Å²) in [7, 11) is 0. The lowest BCUT2D eigenvalue weighted by atomic mass is 10.0. The SMILES string of the molecule is c1ccc(-c2cc(-c3ccccc3)nc(-n3c4ccccc4c4cc(-c5ccc6c(c5)c5ccccc5n6-c5ccccc5)ccc43)n2)cc1.c1ccc(-c2nc(-c3ccccc3)nc(-c3ccc(-n4c5ccccc5c5cc(-c6ccc7c(c6)c6ccccc6n7-c6ccccc6)ccc54)cc3)n2)cc1. The van der Waals surface area contributed by atoms with Gasteiger partial charge in [-0.05, 0) is 150 Å². The monoisotopic (exact) mass is 1350 g/mol. The molecule has 6 aromatic heterocycles. The molecule has 21 rings (SSSR count). The van der Waals surface area contributed by atoms with E-state index in [9.17, 15) is 0 Å². The molecular weight excluding hydrogens is 1290 g/mol. The summed E-state index contributed by atoms with van der Waals surface area (Å²) in [6.45, 7) is 0.